The summed E-state index contributed by atoms with van der Waals surface area (Å²) in [7, 11) is 3.19. The normalized spacial score (nSPS) is 24.2. The van der Waals surface area contributed by atoms with Crippen molar-refractivity contribution in [1.29, 1.82) is 0 Å². The molecule has 1 aliphatic rings. The molecule has 1 saturated heterocycles. The van der Waals surface area contributed by atoms with Crippen LogP contribution in [0.1, 0.15) is 37.2 Å². The first-order valence-corrected chi connectivity index (χ1v) is 12.2. The smallest absolute Gasteiger partial charge is 0.176 e. The Hall–Kier alpha value is -1.42. The lowest BCUT2D eigenvalue weighted by atomic mass is 9.85. The zero-order valence-electron chi connectivity index (χ0n) is 19.4. The Bertz CT molecular complexity index is 848. The van der Waals surface area contributed by atoms with Gasteiger partial charge in [-0.3, -0.25) is 0 Å². The Balaban J connectivity index is 1.81. The van der Waals surface area contributed by atoms with E-state index in [9.17, 15) is 10.2 Å². The molecule has 4 radical (unpaired) electrons. The third kappa shape index (κ3) is 6.38. The standard InChI is InChI=1S/C24H30O7.2Al/c1-15-16(2)24(18-6-8-20(30-12-10-26)22(14-18)28-4)31-23(15)17-5-7-19(29-11-9-25)21(13-17)27-3;;/h5-10,13-16,23-26H,11-12H2,1-4H3;;/t15-,16?,23?,24?;;/m1../s1. The number of benzene rings is 2. The Morgan fingerprint density at radius 2 is 1.15 bits per heavy atom. The van der Waals surface area contributed by atoms with Crippen molar-refractivity contribution in [2.75, 3.05) is 27.4 Å². The number of rotatable bonds is 10. The Kier molecular flexibility index (Phi) is 9.38. The molecular formula is C24H30Al2O7. The summed E-state index contributed by atoms with van der Waals surface area (Å²) in [6.45, 7) is 4.69. The van der Waals surface area contributed by atoms with Gasteiger partial charge in [0.1, 0.15) is 0 Å². The predicted molar refractivity (Wildman–Crippen MR) is 125 cm³/mol. The molecule has 0 bridgehead atoms. The highest BCUT2D eigenvalue weighted by atomic mass is 27.1. The fraction of sp³-hybridized carbons (Fsp3) is 0.500. The summed E-state index contributed by atoms with van der Waals surface area (Å²) in [4.78, 5) is -1.29. The molecule has 4 unspecified atom stereocenters. The van der Waals surface area contributed by atoms with E-state index in [4.69, 9.17) is 23.7 Å². The highest BCUT2D eigenvalue weighted by Gasteiger charge is 2.41. The molecule has 174 valence electrons. The predicted octanol–water partition coefficient (Wildman–Crippen LogP) is 2.52. The number of hydrogen-bond acceptors (Lipinski definition) is 7. The molecule has 0 saturated carbocycles. The number of hydrogen-bond donors (Lipinski definition) is 2. The fourth-order valence-electron chi connectivity index (χ4n) is 4.03. The lowest BCUT2D eigenvalue weighted by Gasteiger charge is -2.19. The van der Waals surface area contributed by atoms with E-state index in [1.54, 1.807) is 14.2 Å². The van der Waals surface area contributed by atoms with Gasteiger partial charge in [-0.25, -0.2) is 0 Å². The highest BCUT2D eigenvalue weighted by Crippen LogP contribution is 2.50. The molecular weight excluding hydrogens is 454 g/mol. The molecule has 2 aromatic carbocycles. The van der Waals surface area contributed by atoms with E-state index in [1.807, 2.05) is 36.4 Å². The Labute approximate surface area is 211 Å². The van der Waals surface area contributed by atoms with Gasteiger partial charge in [-0.05, 0) is 47.2 Å². The first-order chi connectivity index (χ1) is 15.7. The summed E-state index contributed by atoms with van der Waals surface area (Å²) < 4.78 is 28.9. The van der Waals surface area contributed by atoms with E-state index in [-0.39, 0.29) is 37.3 Å². The van der Waals surface area contributed by atoms with E-state index < -0.39 is 9.93 Å². The van der Waals surface area contributed by atoms with Gasteiger partial charge in [0.2, 0.25) is 0 Å². The third-order valence-electron chi connectivity index (χ3n) is 5.93. The summed E-state index contributed by atoms with van der Waals surface area (Å²) in [5.41, 5.74) is 2.02. The maximum absolute atomic E-state index is 9.46. The lowest BCUT2D eigenvalue weighted by Crippen LogP contribution is -2.17. The second kappa shape index (κ2) is 11.8. The van der Waals surface area contributed by atoms with E-state index in [2.05, 4.69) is 46.4 Å². The van der Waals surface area contributed by atoms with Crippen molar-refractivity contribution in [3.63, 3.8) is 0 Å². The van der Waals surface area contributed by atoms with E-state index >= 15 is 0 Å². The van der Waals surface area contributed by atoms with Gasteiger partial charge >= 0.3 is 0 Å². The van der Waals surface area contributed by atoms with Crippen LogP contribution in [0.2, 0.25) is 0 Å². The van der Waals surface area contributed by atoms with Crippen LogP contribution in [0, 0.1) is 11.8 Å². The second-order valence-corrected chi connectivity index (χ2v) is 9.81. The molecule has 3 rings (SSSR count). The molecule has 1 heterocycles. The number of aliphatic hydroxyl groups excluding tert-OH is 2. The maximum Gasteiger partial charge on any atom is 0.176 e. The molecule has 0 amide bonds. The van der Waals surface area contributed by atoms with Crippen molar-refractivity contribution in [3.05, 3.63) is 47.5 Å². The summed E-state index contributed by atoms with van der Waals surface area (Å²) in [6, 6.07) is 11.5. The first kappa shape index (κ1) is 26.2. The fourth-order valence-corrected chi connectivity index (χ4v) is 4.23. The van der Waals surface area contributed by atoms with Crippen LogP contribution in [-0.4, -0.2) is 80.2 Å². The summed E-state index contributed by atoms with van der Waals surface area (Å²) >= 11 is 4.58. The zero-order valence-corrected chi connectivity index (χ0v) is 21.7. The van der Waals surface area contributed by atoms with Gasteiger partial charge in [0.15, 0.2) is 55.6 Å². The van der Waals surface area contributed by atoms with Crippen LogP contribution in [0.3, 0.4) is 0 Å². The molecule has 1 fully saturated rings. The Morgan fingerprint density at radius 3 is 1.48 bits per heavy atom. The quantitative estimate of drug-likeness (QED) is 0.502. The van der Waals surface area contributed by atoms with Gasteiger partial charge in [-0.1, -0.05) is 26.0 Å². The van der Waals surface area contributed by atoms with Crippen molar-refractivity contribution in [2.45, 2.75) is 36.0 Å². The lowest BCUT2D eigenvalue weighted by molar-refractivity contribution is 0.0287. The molecule has 1 aliphatic heterocycles. The summed E-state index contributed by atoms with van der Waals surface area (Å²) in [6.07, 6.45) is -0.232. The summed E-state index contributed by atoms with van der Waals surface area (Å²) in [5, 5.41) is 18.9. The SMILES string of the molecule is COc1cc(C2OC(c3ccc(OC[C@H](O)[Al])c(OC)c3)C(C)[C@H]2C)ccc1OC[CH](O)[Al]. The maximum atomic E-state index is 9.46. The minimum absolute atomic E-state index is 0.116. The van der Waals surface area contributed by atoms with Crippen molar-refractivity contribution < 1.29 is 33.9 Å². The van der Waals surface area contributed by atoms with Crippen molar-refractivity contribution in [1.82, 2.24) is 0 Å². The van der Waals surface area contributed by atoms with Crippen LogP contribution in [0.15, 0.2) is 36.4 Å². The van der Waals surface area contributed by atoms with Gasteiger partial charge < -0.3 is 33.9 Å². The number of aliphatic hydroxyl groups is 2. The number of ether oxygens (including phenoxy) is 5. The van der Waals surface area contributed by atoms with Crippen LogP contribution in [-0.2, 0) is 4.74 Å². The molecule has 0 spiro atoms. The van der Waals surface area contributed by atoms with Gasteiger partial charge in [0, 0.05) is 9.93 Å². The molecule has 6 atom stereocenters. The monoisotopic (exact) mass is 484 g/mol. The molecule has 0 aliphatic carbocycles. The first-order valence-electron chi connectivity index (χ1n) is 10.9. The van der Waals surface area contributed by atoms with Crippen LogP contribution in [0.25, 0.3) is 0 Å². The van der Waals surface area contributed by atoms with E-state index in [0.29, 0.717) is 23.0 Å². The van der Waals surface area contributed by atoms with Crippen molar-refractivity contribution >= 4 is 32.6 Å². The minimum Gasteiger partial charge on any atom is -0.493 e. The van der Waals surface area contributed by atoms with Crippen LogP contribution in [0.4, 0.5) is 0 Å². The van der Waals surface area contributed by atoms with Gasteiger partial charge in [-0.2, -0.15) is 0 Å². The minimum atomic E-state index is -0.645. The second-order valence-electron chi connectivity index (χ2n) is 8.27. The average Bonchev–Trinajstić information content (AvgIpc) is 3.10. The van der Waals surface area contributed by atoms with Gasteiger partial charge in [0.05, 0.1) is 39.6 Å². The summed E-state index contributed by atoms with van der Waals surface area (Å²) in [5.74, 6) is 2.88. The molecule has 9 heteroatoms. The molecule has 7 nitrogen and oxygen atoms in total. The van der Waals surface area contributed by atoms with Gasteiger partial charge in [-0.15, -0.1) is 0 Å². The highest BCUT2D eigenvalue weighted by molar-refractivity contribution is 6.11. The largest absolute Gasteiger partial charge is 0.493 e. The number of methoxy groups -OCH3 is 2. The molecule has 2 N–H and O–H groups in total. The van der Waals surface area contributed by atoms with Crippen molar-refractivity contribution in [2.24, 2.45) is 11.8 Å². The zero-order chi connectivity index (χ0) is 24.1. The van der Waals surface area contributed by atoms with Crippen LogP contribution < -0.4 is 18.9 Å². The molecule has 2 aromatic rings. The Morgan fingerprint density at radius 1 is 0.758 bits per heavy atom. The molecule has 0 aromatic heterocycles. The van der Waals surface area contributed by atoms with Gasteiger partial charge in [0.25, 0.3) is 0 Å². The molecule has 33 heavy (non-hydrogen) atoms. The average molecular weight is 484 g/mol. The van der Waals surface area contributed by atoms with E-state index in [1.165, 1.54) is 0 Å². The van der Waals surface area contributed by atoms with Crippen LogP contribution >= 0.6 is 0 Å². The third-order valence-corrected chi connectivity index (χ3v) is 6.31. The van der Waals surface area contributed by atoms with Crippen molar-refractivity contribution in [3.8, 4) is 23.0 Å². The van der Waals surface area contributed by atoms with Crippen LogP contribution in [0.5, 0.6) is 23.0 Å². The van der Waals surface area contributed by atoms with E-state index in [0.717, 1.165) is 11.1 Å². The topological polar surface area (TPSA) is 86.6 Å².